The molecule has 0 bridgehead atoms. The Balaban J connectivity index is 1.88. The summed E-state index contributed by atoms with van der Waals surface area (Å²) >= 11 is 0. The summed E-state index contributed by atoms with van der Waals surface area (Å²) in [7, 11) is 0. The molecule has 5 heteroatoms. The van der Waals surface area contributed by atoms with Crippen LogP contribution in [0.15, 0.2) is 60.7 Å². The Morgan fingerprint density at radius 1 is 0.933 bits per heavy atom. The molecule has 0 aliphatic carbocycles. The van der Waals surface area contributed by atoms with Gasteiger partial charge < -0.3 is 0 Å². The average Bonchev–Trinajstić information content (AvgIpc) is 2.77. The van der Waals surface area contributed by atoms with Gasteiger partial charge in [0.1, 0.15) is 0 Å². The average molecular weight is 406 g/mol. The summed E-state index contributed by atoms with van der Waals surface area (Å²) in [6.45, 7) is 4.44. The van der Waals surface area contributed by atoms with Crippen molar-refractivity contribution in [3.8, 4) is 11.3 Å². The Morgan fingerprint density at radius 2 is 1.70 bits per heavy atom. The predicted molar refractivity (Wildman–Crippen MR) is 114 cm³/mol. The topological polar surface area (TPSA) is 16.1 Å². The third-order valence-corrected chi connectivity index (χ3v) is 6.09. The minimum absolute atomic E-state index is 0.161. The van der Waals surface area contributed by atoms with E-state index >= 15 is 0 Å². The second kappa shape index (κ2) is 7.10. The molecule has 0 atom stereocenters. The minimum atomic E-state index is -4.43. The van der Waals surface area contributed by atoms with Crippen LogP contribution < -0.4 is 0 Å². The summed E-state index contributed by atoms with van der Waals surface area (Å²) in [5, 5.41) is 3.31. The van der Waals surface area contributed by atoms with Crippen molar-refractivity contribution in [2.24, 2.45) is 0 Å². The summed E-state index contributed by atoms with van der Waals surface area (Å²) in [6.07, 6.45) is -3.63. The molecule has 2 heterocycles. The van der Waals surface area contributed by atoms with Gasteiger partial charge in [-0.2, -0.15) is 13.2 Å². The lowest BCUT2D eigenvalue weighted by molar-refractivity contribution is -0.137. The molecule has 0 amide bonds. The van der Waals surface area contributed by atoms with Crippen molar-refractivity contribution >= 4 is 21.7 Å². The van der Waals surface area contributed by atoms with E-state index in [1.165, 1.54) is 6.07 Å². The highest BCUT2D eigenvalue weighted by Crippen LogP contribution is 2.41. The van der Waals surface area contributed by atoms with Gasteiger partial charge in [-0.05, 0) is 47.0 Å². The van der Waals surface area contributed by atoms with Gasteiger partial charge in [0, 0.05) is 24.0 Å². The number of aromatic nitrogens is 1. The minimum Gasteiger partial charge on any atom is -0.299 e. The molecule has 0 fully saturated rings. The molecular weight excluding hydrogens is 385 g/mol. The largest absolute Gasteiger partial charge is 0.417 e. The first-order chi connectivity index (χ1) is 14.5. The first-order valence-corrected chi connectivity index (χ1v) is 10.2. The maximum absolute atomic E-state index is 13.8. The van der Waals surface area contributed by atoms with Crippen molar-refractivity contribution in [1.29, 1.82) is 0 Å². The molecular formula is C25H21F3N2. The Morgan fingerprint density at radius 3 is 2.50 bits per heavy atom. The van der Waals surface area contributed by atoms with Crippen molar-refractivity contribution in [2.75, 3.05) is 13.1 Å². The molecule has 0 saturated heterocycles. The fraction of sp³-hybridized carbons (Fsp3) is 0.240. The van der Waals surface area contributed by atoms with E-state index in [2.05, 4.69) is 24.0 Å². The number of alkyl halides is 3. The molecule has 5 rings (SSSR count). The van der Waals surface area contributed by atoms with Crippen LogP contribution >= 0.6 is 0 Å². The maximum atomic E-state index is 13.8. The lowest BCUT2D eigenvalue weighted by atomic mass is 9.88. The lowest BCUT2D eigenvalue weighted by Gasteiger charge is -2.30. The van der Waals surface area contributed by atoms with Crippen LogP contribution in [0.4, 0.5) is 13.2 Å². The molecule has 0 spiro atoms. The summed E-state index contributed by atoms with van der Waals surface area (Å²) in [5.41, 5.74) is 2.79. The summed E-state index contributed by atoms with van der Waals surface area (Å²) in [6, 6.07) is 17.9. The SMILES string of the molecule is CCN1CCc2c(c(-c3ccccc3C(F)(F)F)nc3ccc4ccccc4c23)C1. The molecule has 2 nitrogen and oxygen atoms in total. The zero-order valence-electron chi connectivity index (χ0n) is 16.6. The Labute approximate surface area is 173 Å². The molecule has 0 unspecified atom stereocenters. The third kappa shape index (κ3) is 3.05. The van der Waals surface area contributed by atoms with Gasteiger partial charge in [-0.3, -0.25) is 4.90 Å². The van der Waals surface area contributed by atoms with E-state index in [0.29, 0.717) is 12.2 Å². The fourth-order valence-corrected chi connectivity index (χ4v) is 4.60. The van der Waals surface area contributed by atoms with Crippen molar-refractivity contribution in [3.05, 3.63) is 77.4 Å². The fourth-order valence-electron chi connectivity index (χ4n) is 4.60. The number of hydrogen-bond acceptors (Lipinski definition) is 2. The molecule has 152 valence electrons. The Hall–Kier alpha value is -2.92. The molecule has 0 radical (unpaired) electrons. The Bertz CT molecular complexity index is 1260. The van der Waals surface area contributed by atoms with Gasteiger partial charge in [0.05, 0.1) is 16.8 Å². The highest BCUT2D eigenvalue weighted by Gasteiger charge is 2.35. The van der Waals surface area contributed by atoms with Crippen LogP contribution in [0.3, 0.4) is 0 Å². The van der Waals surface area contributed by atoms with E-state index < -0.39 is 11.7 Å². The monoisotopic (exact) mass is 406 g/mol. The van der Waals surface area contributed by atoms with Crippen molar-refractivity contribution in [3.63, 3.8) is 0 Å². The van der Waals surface area contributed by atoms with Crippen LogP contribution in [0.25, 0.3) is 32.9 Å². The number of nitrogens with zero attached hydrogens (tertiary/aromatic N) is 2. The van der Waals surface area contributed by atoms with Crippen LogP contribution in [0.2, 0.25) is 0 Å². The maximum Gasteiger partial charge on any atom is 0.417 e. The zero-order valence-corrected chi connectivity index (χ0v) is 16.6. The number of likely N-dealkylation sites (N-methyl/N-ethyl adjacent to an activating group) is 1. The van der Waals surface area contributed by atoms with E-state index in [1.54, 1.807) is 12.1 Å². The van der Waals surface area contributed by atoms with Crippen molar-refractivity contribution in [2.45, 2.75) is 26.1 Å². The van der Waals surface area contributed by atoms with Gasteiger partial charge >= 0.3 is 6.18 Å². The smallest absolute Gasteiger partial charge is 0.299 e. The van der Waals surface area contributed by atoms with Gasteiger partial charge in [-0.1, -0.05) is 55.5 Å². The van der Waals surface area contributed by atoms with E-state index in [-0.39, 0.29) is 5.56 Å². The standard InChI is InChI=1S/C25H21F3N2/c1-2-30-14-13-18-20(15-30)24(19-9-5-6-10-21(19)25(26,27)28)29-22-12-11-16-7-3-4-8-17(16)23(18)22/h3-12H,2,13-15H2,1H3. The number of rotatable bonds is 2. The predicted octanol–water partition coefficient (Wildman–Crippen LogP) is 6.45. The summed E-state index contributed by atoms with van der Waals surface area (Å²) in [4.78, 5) is 7.09. The first-order valence-electron chi connectivity index (χ1n) is 10.2. The Kier molecular flexibility index (Phi) is 4.51. The second-order valence-electron chi connectivity index (χ2n) is 7.76. The van der Waals surface area contributed by atoms with E-state index in [9.17, 15) is 13.2 Å². The van der Waals surface area contributed by atoms with Crippen LogP contribution in [-0.2, 0) is 19.1 Å². The highest BCUT2D eigenvalue weighted by molar-refractivity contribution is 6.09. The van der Waals surface area contributed by atoms with E-state index in [4.69, 9.17) is 4.98 Å². The molecule has 1 aliphatic rings. The summed E-state index contributed by atoms with van der Waals surface area (Å²) in [5.74, 6) is 0. The number of fused-ring (bicyclic) bond motifs is 5. The van der Waals surface area contributed by atoms with Gasteiger partial charge in [0.2, 0.25) is 0 Å². The molecule has 0 N–H and O–H groups in total. The number of hydrogen-bond donors (Lipinski definition) is 0. The van der Waals surface area contributed by atoms with Gasteiger partial charge in [-0.25, -0.2) is 4.98 Å². The second-order valence-corrected chi connectivity index (χ2v) is 7.76. The van der Waals surface area contributed by atoms with Crippen LogP contribution in [0.1, 0.15) is 23.6 Å². The molecule has 1 aliphatic heterocycles. The lowest BCUT2D eigenvalue weighted by Crippen LogP contribution is -2.31. The summed E-state index contributed by atoms with van der Waals surface area (Å²) < 4.78 is 41.4. The van der Waals surface area contributed by atoms with Crippen LogP contribution in [0.5, 0.6) is 0 Å². The number of halogens is 3. The first kappa shape index (κ1) is 19.1. The van der Waals surface area contributed by atoms with E-state index in [1.807, 2.05) is 24.3 Å². The molecule has 4 aromatic rings. The number of pyridine rings is 1. The van der Waals surface area contributed by atoms with E-state index in [0.717, 1.165) is 58.4 Å². The molecule has 30 heavy (non-hydrogen) atoms. The molecule has 3 aromatic carbocycles. The quantitative estimate of drug-likeness (QED) is 0.356. The van der Waals surface area contributed by atoms with Gasteiger partial charge in [0.15, 0.2) is 0 Å². The van der Waals surface area contributed by atoms with Crippen LogP contribution in [-0.4, -0.2) is 23.0 Å². The number of benzene rings is 3. The highest BCUT2D eigenvalue weighted by atomic mass is 19.4. The normalized spacial score (nSPS) is 14.9. The van der Waals surface area contributed by atoms with Crippen molar-refractivity contribution in [1.82, 2.24) is 9.88 Å². The zero-order chi connectivity index (χ0) is 20.9. The molecule has 1 aromatic heterocycles. The van der Waals surface area contributed by atoms with Crippen LogP contribution in [0, 0.1) is 0 Å². The molecule has 0 saturated carbocycles. The van der Waals surface area contributed by atoms with Gasteiger partial charge in [-0.15, -0.1) is 0 Å². The van der Waals surface area contributed by atoms with Gasteiger partial charge in [0.25, 0.3) is 0 Å². The van der Waals surface area contributed by atoms with Crippen molar-refractivity contribution < 1.29 is 13.2 Å². The third-order valence-electron chi connectivity index (χ3n) is 6.09.